The average molecular weight is 823 g/mol. The third-order valence-electron chi connectivity index (χ3n) is 9.63. The Morgan fingerprint density at radius 1 is 0.912 bits per heavy atom. The first-order valence-corrected chi connectivity index (χ1v) is 21.0. The van der Waals surface area contributed by atoms with Crippen LogP contribution in [-0.4, -0.2) is 72.1 Å². The Bertz CT molecular complexity index is 2500. The van der Waals surface area contributed by atoms with E-state index in [0.717, 1.165) is 54.9 Å². The summed E-state index contributed by atoms with van der Waals surface area (Å²) in [6, 6.07) is 34.4. The molecule has 1 unspecified atom stereocenters. The van der Waals surface area contributed by atoms with Crippen LogP contribution < -0.4 is 20.7 Å². The number of hydrogen-bond acceptors (Lipinski definition) is 11. The summed E-state index contributed by atoms with van der Waals surface area (Å²) in [5.74, 6) is -0.159. The van der Waals surface area contributed by atoms with E-state index >= 15 is 0 Å². The molecule has 1 fully saturated rings. The number of amides is 1. The zero-order chi connectivity index (χ0) is 39.9. The number of nitrogens with two attached hydrogens (primary N) is 1. The van der Waals surface area contributed by atoms with E-state index in [4.69, 9.17) is 17.3 Å². The first kappa shape index (κ1) is 39.5. The molecule has 7 rings (SSSR count). The van der Waals surface area contributed by atoms with Crippen molar-refractivity contribution in [1.82, 2.24) is 14.9 Å². The van der Waals surface area contributed by atoms with Gasteiger partial charge in [0.2, 0.25) is 5.91 Å². The third-order valence-corrected chi connectivity index (χ3v) is 12.4. The molecule has 292 valence electrons. The van der Waals surface area contributed by atoms with E-state index in [2.05, 4.69) is 48.0 Å². The molecule has 0 aliphatic carbocycles. The fraction of sp³-hybridized carbons (Fsp3) is 0.195. The Morgan fingerprint density at radius 3 is 2.39 bits per heavy atom. The molecule has 1 saturated heterocycles. The number of primary amides is 1. The molecule has 6 aromatic rings. The minimum Gasteiger partial charge on any atom is -0.375 e. The molecule has 5 aromatic carbocycles. The summed E-state index contributed by atoms with van der Waals surface area (Å²) in [7, 11) is -4.33. The first-order chi connectivity index (χ1) is 27.5. The van der Waals surface area contributed by atoms with Gasteiger partial charge in [-0.1, -0.05) is 66.2 Å². The lowest BCUT2D eigenvalue weighted by molar-refractivity contribution is -0.384. The number of anilines is 3. The number of nitrogens with one attached hydrogen (secondary N) is 2. The lowest BCUT2D eigenvalue weighted by Gasteiger charge is -2.36. The second-order valence-corrected chi connectivity index (χ2v) is 16.7. The number of hydrogen-bond donors (Lipinski definition) is 3. The Kier molecular flexibility index (Phi) is 12.2. The van der Waals surface area contributed by atoms with Crippen molar-refractivity contribution in [1.29, 1.82) is 0 Å². The summed E-state index contributed by atoms with van der Waals surface area (Å²) in [6.45, 7) is 4.09. The van der Waals surface area contributed by atoms with Crippen LogP contribution in [0.5, 0.6) is 0 Å². The van der Waals surface area contributed by atoms with E-state index in [1.807, 2.05) is 72.8 Å². The molecule has 1 atom stereocenters. The normalized spacial score (nSPS) is 13.9. The fourth-order valence-electron chi connectivity index (χ4n) is 6.76. The Morgan fingerprint density at radius 2 is 1.65 bits per heavy atom. The monoisotopic (exact) mass is 822 g/mol. The fourth-order valence-corrected chi connectivity index (χ4v) is 8.88. The molecule has 0 bridgehead atoms. The van der Waals surface area contributed by atoms with Gasteiger partial charge in [0, 0.05) is 78.0 Å². The molecule has 0 radical (unpaired) electrons. The standard InChI is InChI=1S/C41H39ClN8O5S2/c42-30-12-10-28(11-13-30)35-9-5-4-6-29(35)25-48-18-20-49(21-19-48)32-14-16-36-38(23-32)44-27-45-41(36)47-57(54,55)34-15-17-37(39(24-34)50(52)53)46-31(22-40(43)51)26-56-33-7-2-1-3-8-33/h1-17,23-24,27,31,46H,18-22,25-26H2,(H2,43,51)(H,44,45,47). The summed E-state index contributed by atoms with van der Waals surface area (Å²) < 4.78 is 29.8. The van der Waals surface area contributed by atoms with Gasteiger partial charge in [0.25, 0.3) is 15.7 Å². The van der Waals surface area contributed by atoms with Gasteiger partial charge in [-0.25, -0.2) is 18.4 Å². The molecular weight excluding hydrogens is 784 g/mol. The van der Waals surface area contributed by atoms with Gasteiger partial charge in [0.1, 0.15) is 12.0 Å². The van der Waals surface area contributed by atoms with Crippen molar-refractivity contribution >= 4 is 73.1 Å². The van der Waals surface area contributed by atoms with Crippen LogP contribution in [0.15, 0.2) is 131 Å². The van der Waals surface area contributed by atoms with Crippen molar-refractivity contribution in [2.24, 2.45) is 5.73 Å². The van der Waals surface area contributed by atoms with Crippen molar-refractivity contribution in [3.8, 4) is 11.1 Å². The van der Waals surface area contributed by atoms with Crippen LogP contribution in [0.3, 0.4) is 0 Å². The number of benzene rings is 5. The highest BCUT2D eigenvalue weighted by Crippen LogP contribution is 2.33. The molecule has 1 aromatic heterocycles. The van der Waals surface area contributed by atoms with Gasteiger partial charge in [-0.05, 0) is 71.3 Å². The second kappa shape index (κ2) is 17.6. The van der Waals surface area contributed by atoms with E-state index in [1.54, 1.807) is 6.07 Å². The minimum atomic E-state index is -4.33. The van der Waals surface area contributed by atoms with Crippen LogP contribution in [0, 0.1) is 10.1 Å². The second-order valence-electron chi connectivity index (χ2n) is 13.5. The maximum absolute atomic E-state index is 13.7. The van der Waals surface area contributed by atoms with Gasteiger partial charge in [-0.3, -0.25) is 24.5 Å². The van der Waals surface area contributed by atoms with Gasteiger partial charge in [-0.15, -0.1) is 11.8 Å². The minimum absolute atomic E-state index is 0.0417. The van der Waals surface area contributed by atoms with Gasteiger partial charge in [-0.2, -0.15) is 0 Å². The number of nitro groups is 1. The SMILES string of the molecule is NC(=O)CC(CSc1ccccc1)Nc1ccc(S(=O)(=O)Nc2ncnc3cc(N4CCN(Cc5ccccc5-c5ccc(Cl)cc5)CC4)ccc23)cc1[N+](=O)[O-]. The first-order valence-electron chi connectivity index (χ1n) is 18.1. The predicted molar refractivity (Wildman–Crippen MR) is 226 cm³/mol. The van der Waals surface area contributed by atoms with E-state index in [-0.39, 0.29) is 22.8 Å². The van der Waals surface area contributed by atoms with Crippen LogP contribution >= 0.6 is 23.4 Å². The number of rotatable bonds is 15. The molecule has 0 saturated carbocycles. The highest BCUT2D eigenvalue weighted by molar-refractivity contribution is 7.99. The molecule has 1 aliphatic rings. The average Bonchev–Trinajstić information content (AvgIpc) is 3.21. The summed E-state index contributed by atoms with van der Waals surface area (Å²) >= 11 is 7.58. The molecule has 4 N–H and O–H groups in total. The molecule has 13 nitrogen and oxygen atoms in total. The summed E-state index contributed by atoms with van der Waals surface area (Å²) in [5.41, 5.74) is 10.1. The van der Waals surface area contributed by atoms with Crippen molar-refractivity contribution in [3.05, 3.63) is 142 Å². The van der Waals surface area contributed by atoms with E-state index in [9.17, 15) is 23.3 Å². The zero-order valence-corrected chi connectivity index (χ0v) is 33.0. The van der Waals surface area contributed by atoms with Crippen molar-refractivity contribution in [3.63, 3.8) is 0 Å². The van der Waals surface area contributed by atoms with E-state index in [0.29, 0.717) is 21.7 Å². The molecule has 0 spiro atoms. The number of carbonyl (C=O) groups is 1. The number of carbonyl (C=O) groups excluding carboxylic acids is 1. The van der Waals surface area contributed by atoms with Crippen molar-refractivity contribution in [2.45, 2.75) is 28.8 Å². The Labute approximate surface area is 339 Å². The van der Waals surface area contributed by atoms with Crippen LogP contribution in [0.2, 0.25) is 5.02 Å². The van der Waals surface area contributed by atoms with E-state index in [1.165, 1.54) is 41.3 Å². The van der Waals surface area contributed by atoms with Crippen LogP contribution in [-0.2, 0) is 21.4 Å². The number of nitrogens with zero attached hydrogens (tertiary/aromatic N) is 5. The molecule has 57 heavy (non-hydrogen) atoms. The quantitative estimate of drug-likeness (QED) is 0.0533. The number of aromatic nitrogens is 2. The highest BCUT2D eigenvalue weighted by atomic mass is 35.5. The summed E-state index contributed by atoms with van der Waals surface area (Å²) in [4.78, 5) is 37.3. The van der Waals surface area contributed by atoms with Gasteiger partial charge < -0.3 is 16.0 Å². The highest BCUT2D eigenvalue weighted by Gasteiger charge is 2.25. The smallest absolute Gasteiger partial charge is 0.293 e. The number of piperazine rings is 1. The number of thioether (sulfide) groups is 1. The lowest BCUT2D eigenvalue weighted by Crippen LogP contribution is -2.46. The zero-order valence-electron chi connectivity index (χ0n) is 30.6. The maximum Gasteiger partial charge on any atom is 0.293 e. The molecule has 2 heterocycles. The number of halogens is 1. The predicted octanol–water partition coefficient (Wildman–Crippen LogP) is 7.43. The van der Waals surface area contributed by atoms with Gasteiger partial charge in [0.15, 0.2) is 5.82 Å². The molecule has 1 amide bonds. The topological polar surface area (TPSA) is 177 Å². The van der Waals surface area contributed by atoms with Crippen molar-refractivity contribution in [2.75, 3.05) is 46.9 Å². The van der Waals surface area contributed by atoms with Gasteiger partial charge in [0.05, 0.1) is 15.3 Å². The van der Waals surface area contributed by atoms with Gasteiger partial charge >= 0.3 is 0 Å². The Balaban J connectivity index is 1.02. The molecule has 1 aliphatic heterocycles. The van der Waals surface area contributed by atoms with Crippen LogP contribution in [0.25, 0.3) is 22.0 Å². The Hall–Kier alpha value is -5.74. The van der Waals surface area contributed by atoms with Crippen molar-refractivity contribution < 1.29 is 18.1 Å². The van der Waals surface area contributed by atoms with Crippen LogP contribution in [0.1, 0.15) is 12.0 Å². The molecular formula is C41H39ClN8O5S2. The third kappa shape index (κ3) is 9.81. The maximum atomic E-state index is 13.7. The molecule has 16 heteroatoms. The largest absolute Gasteiger partial charge is 0.375 e. The van der Waals surface area contributed by atoms with E-state index < -0.39 is 32.6 Å². The summed E-state index contributed by atoms with van der Waals surface area (Å²) in [6.07, 6.45) is 1.19. The van der Waals surface area contributed by atoms with Crippen LogP contribution in [0.4, 0.5) is 22.9 Å². The number of sulfonamides is 1. The number of fused-ring (bicyclic) bond motifs is 1. The summed E-state index contributed by atoms with van der Waals surface area (Å²) in [5, 5.41) is 16.4. The lowest BCUT2D eigenvalue weighted by atomic mass is 9.99. The number of nitro benzene ring substituents is 1.